The van der Waals surface area contributed by atoms with Crippen molar-refractivity contribution < 1.29 is 13.2 Å². The lowest BCUT2D eigenvalue weighted by Gasteiger charge is -2.24. The van der Waals surface area contributed by atoms with Crippen molar-refractivity contribution in [3.05, 3.63) is 0 Å². The van der Waals surface area contributed by atoms with Crippen LogP contribution in [0.2, 0.25) is 0 Å². The van der Waals surface area contributed by atoms with Gasteiger partial charge in [0.15, 0.2) is 9.84 Å². The highest BCUT2D eigenvalue weighted by Crippen LogP contribution is 2.26. The number of carbonyl (C=O) groups is 1. The summed E-state index contributed by atoms with van der Waals surface area (Å²) in [5.41, 5.74) is 0. The molecule has 0 aliphatic heterocycles. The summed E-state index contributed by atoms with van der Waals surface area (Å²) in [7, 11) is -2.92. The molecular weight excluding hydrogens is 164 g/mol. The van der Waals surface area contributed by atoms with E-state index in [1.807, 2.05) is 0 Å². The minimum atomic E-state index is -2.92. The highest BCUT2D eigenvalue weighted by Gasteiger charge is 2.30. The molecule has 0 aromatic carbocycles. The fourth-order valence-corrected chi connectivity index (χ4v) is 2.92. The lowest BCUT2D eigenvalue weighted by atomic mass is 10.0. The zero-order valence-corrected chi connectivity index (χ0v) is 7.14. The monoisotopic (exact) mass is 176 g/mol. The highest BCUT2D eigenvalue weighted by molar-refractivity contribution is 7.92. The van der Waals surface area contributed by atoms with Gasteiger partial charge < -0.3 is 4.79 Å². The van der Waals surface area contributed by atoms with Crippen molar-refractivity contribution in [3.63, 3.8) is 0 Å². The van der Waals surface area contributed by atoms with Gasteiger partial charge in [-0.3, -0.25) is 0 Å². The number of hydrogen-bond donors (Lipinski definition) is 0. The van der Waals surface area contributed by atoms with E-state index in [0.717, 1.165) is 19.3 Å². The Bertz CT molecular complexity index is 226. The largest absolute Gasteiger partial charge is 0.303 e. The van der Waals surface area contributed by atoms with E-state index in [4.69, 9.17) is 0 Å². The molecule has 3 nitrogen and oxygen atoms in total. The van der Waals surface area contributed by atoms with Gasteiger partial charge in [-0.25, -0.2) is 8.42 Å². The molecule has 64 valence electrons. The molecule has 0 unspecified atom stereocenters. The molecule has 0 aromatic heterocycles. The predicted molar refractivity (Wildman–Crippen MR) is 42.1 cm³/mol. The van der Waals surface area contributed by atoms with Crippen LogP contribution in [-0.2, 0) is 14.6 Å². The van der Waals surface area contributed by atoms with E-state index in [-0.39, 0.29) is 17.4 Å². The van der Waals surface area contributed by atoms with Crippen LogP contribution >= 0.6 is 0 Å². The molecule has 0 amide bonds. The normalized spacial score (nSPS) is 19.3. The van der Waals surface area contributed by atoms with Crippen LogP contribution in [0.25, 0.3) is 0 Å². The second kappa shape index (κ2) is 3.34. The lowest BCUT2D eigenvalue weighted by molar-refractivity contribution is -0.107. The van der Waals surface area contributed by atoms with Gasteiger partial charge in [0.1, 0.15) is 6.29 Å². The zero-order valence-electron chi connectivity index (χ0n) is 6.32. The molecule has 1 aliphatic rings. The van der Waals surface area contributed by atoms with E-state index >= 15 is 0 Å². The second-order valence-electron chi connectivity index (χ2n) is 2.88. The van der Waals surface area contributed by atoms with Gasteiger partial charge in [0, 0.05) is 6.42 Å². The van der Waals surface area contributed by atoms with E-state index < -0.39 is 9.84 Å². The standard InChI is InChI=1S/C7H12O3S/c8-5-2-6-11(9,10)7-3-1-4-7/h5,7H,1-4,6H2. The maximum Gasteiger partial charge on any atom is 0.153 e. The van der Waals surface area contributed by atoms with Crippen LogP contribution in [0.15, 0.2) is 0 Å². The number of carbonyl (C=O) groups excluding carboxylic acids is 1. The first-order chi connectivity index (χ1) is 5.17. The van der Waals surface area contributed by atoms with Crippen molar-refractivity contribution >= 4 is 16.1 Å². The molecule has 0 spiro atoms. The number of rotatable bonds is 4. The van der Waals surface area contributed by atoms with Crippen molar-refractivity contribution in [1.29, 1.82) is 0 Å². The molecule has 1 fully saturated rings. The van der Waals surface area contributed by atoms with E-state index in [0.29, 0.717) is 6.29 Å². The fourth-order valence-electron chi connectivity index (χ4n) is 1.11. The molecule has 0 aromatic rings. The number of aldehydes is 1. The summed E-state index contributed by atoms with van der Waals surface area (Å²) in [6.07, 6.45) is 3.42. The Labute approximate surface area is 66.7 Å². The summed E-state index contributed by atoms with van der Waals surface area (Å²) in [6.45, 7) is 0. The van der Waals surface area contributed by atoms with E-state index in [1.165, 1.54) is 0 Å². The molecule has 1 saturated carbocycles. The molecule has 0 N–H and O–H groups in total. The first-order valence-corrected chi connectivity index (χ1v) is 5.53. The van der Waals surface area contributed by atoms with Crippen molar-refractivity contribution in [2.45, 2.75) is 30.9 Å². The maximum absolute atomic E-state index is 11.2. The Balaban J connectivity index is 2.44. The third-order valence-electron chi connectivity index (χ3n) is 2.08. The van der Waals surface area contributed by atoms with Gasteiger partial charge >= 0.3 is 0 Å². The Morgan fingerprint density at radius 1 is 1.36 bits per heavy atom. The molecule has 0 radical (unpaired) electrons. The molecule has 4 heteroatoms. The van der Waals surface area contributed by atoms with Crippen LogP contribution < -0.4 is 0 Å². The first kappa shape index (κ1) is 8.71. The summed E-state index contributed by atoms with van der Waals surface area (Å²) in [6, 6.07) is 0. The average molecular weight is 176 g/mol. The molecule has 0 saturated heterocycles. The average Bonchev–Trinajstić information content (AvgIpc) is 1.78. The van der Waals surface area contributed by atoms with Crippen LogP contribution in [0, 0.1) is 0 Å². The third-order valence-corrected chi connectivity index (χ3v) is 4.37. The van der Waals surface area contributed by atoms with Crippen LogP contribution in [0.4, 0.5) is 0 Å². The molecule has 1 aliphatic carbocycles. The third kappa shape index (κ3) is 2.02. The SMILES string of the molecule is O=CCCS(=O)(=O)C1CCC1. The number of hydrogen-bond acceptors (Lipinski definition) is 3. The summed E-state index contributed by atoms with van der Waals surface area (Å²) in [5.74, 6) is 0.0428. The van der Waals surface area contributed by atoms with Gasteiger partial charge in [0.25, 0.3) is 0 Å². The van der Waals surface area contributed by atoms with E-state index in [1.54, 1.807) is 0 Å². The van der Waals surface area contributed by atoms with Crippen LogP contribution in [0.5, 0.6) is 0 Å². The van der Waals surface area contributed by atoms with Gasteiger partial charge in [0.2, 0.25) is 0 Å². The summed E-state index contributed by atoms with van der Waals surface area (Å²) in [4.78, 5) is 9.92. The molecule has 0 atom stereocenters. The first-order valence-electron chi connectivity index (χ1n) is 3.82. The van der Waals surface area contributed by atoms with Crippen molar-refractivity contribution in [1.82, 2.24) is 0 Å². The molecule has 1 rings (SSSR count). The van der Waals surface area contributed by atoms with Gasteiger partial charge in [0.05, 0.1) is 11.0 Å². The van der Waals surface area contributed by atoms with E-state index in [9.17, 15) is 13.2 Å². The van der Waals surface area contributed by atoms with Gasteiger partial charge in [-0.1, -0.05) is 6.42 Å². The van der Waals surface area contributed by atoms with Crippen molar-refractivity contribution in [2.24, 2.45) is 0 Å². The molecule has 0 heterocycles. The minimum Gasteiger partial charge on any atom is -0.303 e. The molecule has 11 heavy (non-hydrogen) atoms. The fraction of sp³-hybridized carbons (Fsp3) is 0.857. The minimum absolute atomic E-state index is 0.0428. The maximum atomic E-state index is 11.2. The number of sulfone groups is 1. The Morgan fingerprint density at radius 3 is 2.36 bits per heavy atom. The van der Waals surface area contributed by atoms with Crippen molar-refractivity contribution in [3.8, 4) is 0 Å². The zero-order chi connectivity index (χ0) is 8.32. The Hall–Kier alpha value is -0.380. The topological polar surface area (TPSA) is 51.2 Å². The Kier molecular flexibility index (Phi) is 2.65. The molecular formula is C7H12O3S. The van der Waals surface area contributed by atoms with E-state index in [2.05, 4.69) is 0 Å². The Morgan fingerprint density at radius 2 is 2.00 bits per heavy atom. The van der Waals surface area contributed by atoms with Crippen LogP contribution in [-0.4, -0.2) is 25.7 Å². The van der Waals surface area contributed by atoms with Crippen LogP contribution in [0.1, 0.15) is 25.7 Å². The van der Waals surface area contributed by atoms with Gasteiger partial charge in [-0.15, -0.1) is 0 Å². The lowest BCUT2D eigenvalue weighted by Crippen LogP contribution is -2.30. The second-order valence-corrected chi connectivity index (χ2v) is 5.28. The summed E-state index contributed by atoms with van der Waals surface area (Å²) in [5, 5.41) is -0.137. The summed E-state index contributed by atoms with van der Waals surface area (Å²) >= 11 is 0. The highest BCUT2D eigenvalue weighted by atomic mass is 32.2. The quantitative estimate of drug-likeness (QED) is 0.587. The van der Waals surface area contributed by atoms with Crippen LogP contribution in [0.3, 0.4) is 0 Å². The van der Waals surface area contributed by atoms with Gasteiger partial charge in [-0.2, -0.15) is 0 Å². The predicted octanol–water partition coefficient (Wildman–Crippen LogP) is 0.543. The van der Waals surface area contributed by atoms with Crippen molar-refractivity contribution in [2.75, 3.05) is 5.75 Å². The molecule has 0 bridgehead atoms. The smallest absolute Gasteiger partial charge is 0.153 e. The van der Waals surface area contributed by atoms with Gasteiger partial charge in [-0.05, 0) is 12.8 Å². The summed E-state index contributed by atoms with van der Waals surface area (Å²) < 4.78 is 22.4.